The van der Waals surface area contributed by atoms with Crippen LogP contribution in [-0.2, 0) is 24.3 Å². The maximum atomic E-state index is 12.4. The van der Waals surface area contributed by atoms with Crippen LogP contribution in [0, 0.1) is 5.41 Å². The van der Waals surface area contributed by atoms with Gasteiger partial charge >= 0.3 is 16.4 Å². The number of rotatable bonds is 5. The quantitative estimate of drug-likeness (QED) is 0.236. The monoisotopic (exact) mass is 391 g/mol. The van der Waals surface area contributed by atoms with Gasteiger partial charge in [0.15, 0.2) is 0 Å². The predicted octanol–water partition coefficient (Wildman–Crippen LogP) is -0.891. The number of carbonyl (C=O) groups is 2. The summed E-state index contributed by atoms with van der Waals surface area (Å²) in [6, 6.07) is -2.15. The molecule has 0 aliphatic carbocycles. The fraction of sp³-hybridized carbons (Fsp3) is 0.769. The normalized spacial score (nSPS) is 28.6. The summed E-state index contributed by atoms with van der Waals surface area (Å²) in [5, 5.41) is 8.17. The van der Waals surface area contributed by atoms with E-state index in [0.717, 1.165) is 0 Å². The first-order valence-electron chi connectivity index (χ1n) is 8.18. The topological polar surface area (TPSA) is 153 Å². The van der Waals surface area contributed by atoms with Gasteiger partial charge in [0.25, 0.3) is 5.91 Å². The van der Waals surface area contributed by atoms with E-state index < -0.39 is 34.4 Å². The Balaban J connectivity index is 1.55. The fourth-order valence-corrected chi connectivity index (χ4v) is 3.83. The molecule has 26 heavy (non-hydrogen) atoms. The van der Waals surface area contributed by atoms with Crippen molar-refractivity contribution in [2.45, 2.75) is 44.4 Å². The van der Waals surface area contributed by atoms with Gasteiger partial charge in [0.2, 0.25) is 0 Å². The molecule has 146 valence electrons. The van der Waals surface area contributed by atoms with Crippen LogP contribution in [0.5, 0.6) is 0 Å². The third kappa shape index (κ3) is 3.90. The summed E-state index contributed by atoms with van der Waals surface area (Å²) in [5.41, 5.74) is 2.36. The summed E-state index contributed by atoms with van der Waals surface area (Å²) in [5.74, 6) is -0.0714. The Labute approximate surface area is 150 Å². The Morgan fingerprint density at radius 1 is 1.31 bits per heavy atom. The molecule has 0 radical (unpaired) electrons. The molecule has 0 aromatic carbocycles. The van der Waals surface area contributed by atoms with Gasteiger partial charge in [-0.3, -0.25) is 19.6 Å². The summed E-state index contributed by atoms with van der Waals surface area (Å²) in [4.78, 5) is 33.1. The van der Waals surface area contributed by atoms with Crippen LogP contribution in [0.15, 0.2) is 0 Å². The van der Waals surface area contributed by atoms with Crippen molar-refractivity contribution in [2.75, 3.05) is 19.6 Å². The molecule has 0 aromatic heterocycles. The van der Waals surface area contributed by atoms with E-state index in [0.29, 0.717) is 43.3 Å². The average molecular weight is 391 g/mol. The highest BCUT2D eigenvalue weighted by Gasteiger charge is 2.49. The van der Waals surface area contributed by atoms with Gasteiger partial charge in [-0.25, -0.2) is 10.3 Å². The molecule has 3 fully saturated rings. The van der Waals surface area contributed by atoms with Crippen molar-refractivity contribution < 1.29 is 31.7 Å². The van der Waals surface area contributed by atoms with E-state index in [1.807, 2.05) is 4.90 Å². The molecular formula is C13H21N5O7S. The zero-order valence-electron chi connectivity index (χ0n) is 14.1. The van der Waals surface area contributed by atoms with Crippen molar-refractivity contribution in [3.63, 3.8) is 0 Å². The molecule has 3 saturated heterocycles. The van der Waals surface area contributed by atoms with E-state index in [4.69, 9.17) is 14.8 Å². The zero-order valence-corrected chi connectivity index (χ0v) is 14.9. The number of urea groups is 1. The van der Waals surface area contributed by atoms with Crippen molar-refractivity contribution >= 4 is 28.2 Å². The molecule has 13 heteroatoms. The summed E-state index contributed by atoms with van der Waals surface area (Å²) in [6.45, 7) is 2.98. The second-order valence-electron chi connectivity index (χ2n) is 6.54. The van der Waals surface area contributed by atoms with Crippen LogP contribution in [0.1, 0.15) is 26.2 Å². The molecule has 3 atom stereocenters. The predicted molar refractivity (Wildman–Crippen MR) is 86.0 cm³/mol. The number of carbonyl (C=O) groups excluding carboxylic acids is 2. The molecule has 3 amide bonds. The third-order valence-electron chi connectivity index (χ3n) is 4.75. The Bertz CT molecular complexity index is 714. The first kappa shape index (κ1) is 18.8. The number of amidine groups is 1. The molecule has 3 heterocycles. The molecule has 12 nitrogen and oxygen atoms in total. The van der Waals surface area contributed by atoms with Gasteiger partial charge in [-0.05, 0) is 26.2 Å². The first-order valence-corrected chi connectivity index (χ1v) is 9.54. The number of hydrogen-bond acceptors (Lipinski definition) is 7. The molecule has 3 unspecified atom stereocenters. The number of nitrogens with one attached hydrogen (secondary N) is 2. The van der Waals surface area contributed by atoms with E-state index in [9.17, 15) is 18.0 Å². The maximum Gasteiger partial charge on any atom is 0.418 e. The van der Waals surface area contributed by atoms with Crippen LogP contribution in [0.4, 0.5) is 4.79 Å². The molecule has 3 N–H and O–H groups in total. The van der Waals surface area contributed by atoms with Crippen molar-refractivity contribution in [3.05, 3.63) is 0 Å². The van der Waals surface area contributed by atoms with E-state index in [-0.39, 0.29) is 12.6 Å². The molecule has 3 aliphatic heterocycles. The van der Waals surface area contributed by atoms with Crippen molar-refractivity contribution in [1.29, 1.82) is 5.41 Å². The van der Waals surface area contributed by atoms with Crippen molar-refractivity contribution in [2.24, 2.45) is 0 Å². The van der Waals surface area contributed by atoms with Crippen LogP contribution in [0.2, 0.25) is 0 Å². The maximum absolute atomic E-state index is 12.4. The average Bonchev–Trinajstić information content (AvgIpc) is 3.12. The number of fused-ring (bicyclic) bond motifs is 2. The number of likely N-dealkylation sites (tertiary alicyclic amines) is 1. The summed E-state index contributed by atoms with van der Waals surface area (Å²) >= 11 is 0. The Kier molecular flexibility index (Phi) is 5.05. The molecule has 2 bridgehead atoms. The zero-order chi connectivity index (χ0) is 19.1. The SMILES string of the molecule is CC(=N)N1CCC(ONC(=O)C2CCC3CN2C(=O)N3OS(=O)(=O)O)C1. The Hall–Kier alpha value is -1.96. The van der Waals surface area contributed by atoms with E-state index in [1.54, 1.807) is 6.92 Å². The third-order valence-corrected chi connectivity index (χ3v) is 5.09. The van der Waals surface area contributed by atoms with Crippen LogP contribution in [-0.4, -0.2) is 83.4 Å². The summed E-state index contributed by atoms with van der Waals surface area (Å²) < 4.78 is 34.8. The smallest absolute Gasteiger partial charge is 0.358 e. The minimum absolute atomic E-state index is 0.122. The standard InChI is InChI=1S/C13H21N5O7S/c1-8(14)16-5-4-10(7-16)24-15-12(19)11-3-2-9-6-17(11)13(20)18(9)25-26(21,22)23/h9-11,14H,2-7H2,1H3,(H,15,19)(H,21,22,23). The number of hydrogen-bond donors (Lipinski definition) is 3. The number of nitrogens with zero attached hydrogens (tertiary/aromatic N) is 3. The highest BCUT2D eigenvalue weighted by molar-refractivity contribution is 7.80. The summed E-state index contributed by atoms with van der Waals surface area (Å²) in [6.07, 6.45) is 1.08. The minimum Gasteiger partial charge on any atom is -0.358 e. The highest BCUT2D eigenvalue weighted by Crippen LogP contribution is 2.30. The molecule has 0 aromatic rings. The molecule has 3 aliphatic rings. The lowest BCUT2D eigenvalue weighted by Crippen LogP contribution is -2.50. The highest BCUT2D eigenvalue weighted by atomic mass is 32.3. The largest absolute Gasteiger partial charge is 0.418 e. The van der Waals surface area contributed by atoms with E-state index in [2.05, 4.69) is 9.76 Å². The molecule has 3 rings (SSSR count). The Morgan fingerprint density at radius 3 is 2.65 bits per heavy atom. The second-order valence-corrected chi connectivity index (χ2v) is 7.54. The lowest BCUT2D eigenvalue weighted by Gasteiger charge is -2.29. The molecular weight excluding hydrogens is 370 g/mol. The van der Waals surface area contributed by atoms with Crippen molar-refractivity contribution in [3.8, 4) is 0 Å². The first-order chi connectivity index (χ1) is 12.2. The lowest BCUT2D eigenvalue weighted by molar-refractivity contribution is -0.143. The van der Waals surface area contributed by atoms with Crippen LogP contribution in [0.3, 0.4) is 0 Å². The van der Waals surface area contributed by atoms with Gasteiger partial charge in [0.1, 0.15) is 12.1 Å². The van der Waals surface area contributed by atoms with Gasteiger partial charge in [-0.2, -0.15) is 13.5 Å². The van der Waals surface area contributed by atoms with Gasteiger partial charge in [-0.1, -0.05) is 0 Å². The molecule has 0 spiro atoms. The molecule has 0 saturated carbocycles. The van der Waals surface area contributed by atoms with Gasteiger partial charge in [0.05, 0.1) is 11.9 Å². The Morgan fingerprint density at radius 2 is 2.04 bits per heavy atom. The minimum atomic E-state index is -4.82. The number of amides is 3. The van der Waals surface area contributed by atoms with Gasteiger partial charge in [0, 0.05) is 19.6 Å². The van der Waals surface area contributed by atoms with Crippen molar-refractivity contribution in [1.82, 2.24) is 20.3 Å². The van der Waals surface area contributed by atoms with Gasteiger partial charge < -0.3 is 9.80 Å². The number of piperidine rings is 1. The number of hydroxylamine groups is 3. The lowest BCUT2D eigenvalue weighted by atomic mass is 10.0. The van der Waals surface area contributed by atoms with Gasteiger partial charge in [-0.15, -0.1) is 4.28 Å². The second kappa shape index (κ2) is 6.98. The van der Waals surface area contributed by atoms with Crippen LogP contribution >= 0.6 is 0 Å². The van der Waals surface area contributed by atoms with Crippen LogP contribution in [0.25, 0.3) is 0 Å². The van der Waals surface area contributed by atoms with E-state index >= 15 is 0 Å². The fourth-order valence-electron chi connectivity index (χ4n) is 3.44. The van der Waals surface area contributed by atoms with E-state index in [1.165, 1.54) is 4.90 Å². The van der Waals surface area contributed by atoms with Crippen LogP contribution < -0.4 is 5.48 Å². The summed E-state index contributed by atoms with van der Waals surface area (Å²) in [7, 11) is -4.82.